The summed E-state index contributed by atoms with van der Waals surface area (Å²) in [7, 11) is 2.85. The van der Waals surface area contributed by atoms with Gasteiger partial charge < -0.3 is 19.0 Å². The number of para-hydroxylation sites is 3. The smallest absolute Gasteiger partial charge is 0.241 e. The molecule has 1 saturated carbocycles. The van der Waals surface area contributed by atoms with Crippen LogP contribution < -0.4 is 19.3 Å². The van der Waals surface area contributed by atoms with E-state index in [9.17, 15) is 24.3 Å². The van der Waals surface area contributed by atoms with E-state index in [1.54, 1.807) is 60.7 Å². The van der Waals surface area contributed by atoms with E-state index in [1.165, 1.54) is 24.0 Å². The van der Waals surface area contributed by atoms with Crippen molar-refractivity contribution in [2.45, 2.75) is 25.7 Å². The number of allylic oxidation sites excluding steroid dienone is 2. The monoisotopic (exact) mass is 709 g/mol. The number of amides is 4. The highest BCUT2D eigenvalue weighted by atomic mass is 16.5. The molecular formula is C42H35N3O8. The molecule has 1 N–H and O–H groups in total. The number of imide groups is 2. The normalized spacial score (nSPS) is 26.4. The van der Waals surface area contributed by atoms with Gasteiger partial charge in [-0.15, -0.1) is 0 Å². The first-order chi connectivity index (χ1) is 25.6. The number of carbonyl (C=O) groups is 4. The number of phenolic OH excluding ortho intramolecular Hbond substituents is 1. The van der Waals surface area contributed by atoms with Gasteiger partial charge in [-0.25, -0.2) is 9.88 Å². The fourth-order valence-electron chi connectivity index (χ4n) is 9.30. The van der Waals surface area contributed by atoms with Crippen LogP contribution in [0.1, 0.15) is 31.2 Å². The molecule has 2 aliphatic carbocycles. The van der Waals surface area contributed by atoms with Crippen molar-refractivity contribution in [2.24, 2.45) is 29.1 Å². The molecule has 53 heavy (non-hydrogen) atoms. The summed E-state index contributed by atoms with van der Waals surface area (Å²) in [5.41, 5.74) is 3.13. The van der Waals surface area contributed by atoms with E-state index in [1.807, 2.05) is 43.3 Å². The second kappa shape index (κ2) is 11.9. The van der Waals surface area contributed by atoms with Gasteiger partial charge in [-0.2, -0.15) is 0 Å². The van der Waals surface area contributed by atoms with Gasteiger partial charge in [0.1, 0.15) is 5.52 Å². The Labute approximate surface area is 304 Å². The SMILES string of the molecule is COc1cc([C@H]2C3=CC[C@@H]4C(=O)N(c5ccc(-c6nc7ccccc7o6)cc5)C(=O)[C@@H]4[C@@H]3C[C@H]3C(=O)N(c4ccccc4)C(=O)[C@@]23C)cc(OC)c1O. The number of benzene rings is 4. The van der Waals surface area contributed by atoms with Crippen LogP contribution in [0.3, 0.4) is 0 Å². The Morgan fingerprint density at radius 2 is 1.45 bits per heavy atom. The number of aromatic hydroxyl groups is 1. The summed E-state index contributed by atoms with van der Waals surface area (Å²) in [6.45, 7) is 1.81. The number of nitrogens with zero attached hydrogens (tertiary/aromatic N) is 3. The fraction of sp³-hybridized carbons (Fsp3) is 0.262. The highest BCUT2D eigenvalue weighted by molar-refractivity contribution is 6.25. The molecule has 0 unspecified atom stereocenters. The van der Waals surface area contributed by atoms with Gasteiger partial charge in [0, 0.05) is 11.5 Å². The number of methoxy groups -OCH3 is 2. The third-order valence-electron chi connectivity index (χ3n) is 11.8. The van der Waals surface area contributed by atoms with Crippen LogP contribution in [0.5, 0.6) is 17.2 Å². The van der Waals surface area contributed by atoms with Gasteiger partial charge in [0.25, 0.3) is 0 Å². The molecule has 2 aliphatic heterocycles. The number of hydrogen-bond donors (Lipinski definition) is 1. The molecule has 9 rings (SSSR count). The lowest BCUT2D eigenvalue weighted by Crippen LogP contribution is -2.48. The van der Waals surface area contributed by atoms with Crippen LogP contribution >= 0.6 is 0 Å². The Bertz CT molecular complexity index is 2330. The molecule has 0 bridgehead atoms. The summed E-state index contributed by atoms with van der Waals surface area (Å²) < 4.78 is 17.0. The molecule has 266 valence electrons. The van der Waals surface area contributed by atoms with Gasteiger partial charge >= 0.3 is 0 Å². The van der Waals surface area contributed by atoms with Crippen molar-refractivity contribution in [2.75, 3.05) is 24.0 Å². The van der Waals surface area contributed by atoms with Crippen LogP contribution in [-0.2, 0) is 19.2 Å². The van der Waals surface area contributed by atoms with Crippen molar-refractivity contribution in [3.05, 3.63) is 108 Å². The average molecular weight is 710 g/mol. The summed E-state index contributed by atoms with van der Waals surface area (Å²) in [5.74, 6) is -4.24. The van der Waals surface area contributed by atoms with Crippen molar-refractivity contribution >= 4 is 46.1 Å². The fourth-order valence-corrected chi connectivity index (χ4v) is 9.30. The first kappa shape index (κ1) is 32.7. The Morgan fingerprint density at radius 1 is 0.792 bits per heavy atom. The first-order valence-electron chi connectivity index (χ1n) is 17.6. The summed E-state index contributed by atoms with van der Waals surface area (Å²) >= 11 is 0. The van der Waals surface area contributed by atoms with Gasteiger partial charge in [0.05, 0.1) is 48.8 Å². The maximum atomic E-state index is 14.7. The van der Waals surface area contributed by atoms with Crippen molar-refractivity contribution in [3.63, 3.8) is 0 Å². The van der Waals surface area contributed by atoms with E-state index >= 15 is 0 Å². The van der Waals surface area contributed by atoms with E-state index in [0.717, 1.165) is 11.1 Å². The lowest BCUT2D eigenvalue weighted by molar-refractivity contribution is -0.131. The summed E-state index contributed by atoms with van der Waals surface area (Å²) in [6, 6.07) is 26.6. The molecule has 0 radical (unpaired) electrons. The number of fused-ring (bicyclic) bond motifs is 5. The number of phenols is 1. The van der Waals surface area contributed by atoms with E-state index < -0.39 is 35.0 Å². The standard InChI is InChI=1S/C42H35N3O8/c1-42-29(39(48)45(41(42)50)24-9-5-4-6-10-24)21-28-26(35(42)23-19-32(51-2)36(46)33(20-23)52-3)17-18-27-34(28)40(49)44(38(27)47)25-15-13-22(14-16-25)37-43-30-11-7-8-12-31(30)53-37/h4-17,19-20,27-29,34-35,46H,18,21H2,1-3H3/t27-,28+,29-,34-,35-,42+/m0/s1. The molecule has 2 saturated heterocycles. The Hall–Kier alpha value is -6.23. The van der Waals surface area contributed by atoms with Gasteiger partial charge in [-0.1, -0.05) is 42.0 Å². The second-order valence-corrected chi connectivity index (χ2v) is 14.3. The molecule has 4 aliphatic rings. The lowest BCUT2D eigenvalue weighted by atomic mass is 9.51. The van der Waals surface area contributed by atoms with Crippen molar-refractivity contribution in [1.29, 1.82) is 0 Å². The third-order valence-corrected chi connectivity index (χ3v) is 11.8. The number of hydrogen-bond acceptors (Lipinski definition) is 9. The molecule has 3 heterocycles. The van der Waals surface area contributed by atoms with Crippen LogP contribution in [-0.4, -0.2) is 47.9 Å². The zero-order chi connectivity index (χ0) is 36.8. The highest BCUT2D eigenvalue weighted by Crippen LogP contribution is 2.64. The maximum Gasteiger partial charge on any atom is 0.241 e. The molecule has 1 aromatic heterocycles. The predicted octanol–water partition coefficient (Wildman–Crippen LogP) is 6.65. The summed E-state index contributed by atoms with van der Waals surface area (Å²) in [5, 5.41) is 10.8. The summed E-state index contributed by atoms with van der Waals surface area (Å²) in [4.78, 5) is 65.0. The molecule has 3 fully saturated rings. The molecule has 4 amide bonds. The molecule has 6 atom stereocenters. The van der Waals surface area contributed by atoms with Crippen molar-refractivity contribution in [3.8, 4) is 28.7 Å². The van der Waals surface area contributed by atoms with Gasteiger partial charge in [0.2, 0.25) is 35.3 Å². The number of carbonyl (C=O) groups excluding carboxylic acids is 4. The summed E-state index contributed by atoms with van der Waals surface area (Å²) in [6.07, 6.45) is 2.48. The van der Waals surface area contributed by atoms with Crippen LogP contribution in [0.2, 0.25) is 0 Å². The maximum absolute atomic E-state index is 14.7. The quantitative estimate of drug-likeness (QED) is 0.152. The molecular weight excluding hydrogens is 674 g/mol. The number of ether oxygens (including phenoxy) is 2. The van der Waals surface area contributed by atoms with Crippen molar-refractivity contribution in [1.82, 2.24) is 4.98 Å². The van der Waals surface area contributed by atoms with E-state index in [0.29, 0.717) is 34.0 Å². The molecule has 4 aromatic carbocycles. The highest BCUT2D eigenvalue weighted by Gasteiger charge is 2.67. The average Bonchev–Trinajstić information content (AvgIpc) is 3.79. The molecule has 5 aromatic rings. The van der Waals surface area contributed by atoms with Gasteiger partial charge in [-0.3, -0.25) is 24.1 Å². The van der Waals surface area contributed by atoms with Gasteiger partial charge in [-0.05, 0) is 91.9 Å². The van der Waals surface area contributed by atoms with Crippen LogP contribution in [0.25, 0.3) is 22.6 Å². The third kappa shape index (κ3) is 4.62. The topological polar surface area (TPSA) is 139 Å². The Kier molecular flexibility index (Phi) is 7.34. The Morgan fingerprint density at radius 3 is 2.13 bits per heavy atom. The minimum atomic E-state index is -1.26. The number of oxazole rings is 1. The predicted molar refractivity (Wildman–Crippen MR) is 194 cm³/mol. The van der Waals surface area contributed by atoms with E-state index in [4.69, 9.17) is 13.9 Å². The number of aromatic nitrogens is 1. The largest absolute Gasteiger partial charge is 0.502 e. The zero-order valence-electron chi connectivity index (χ0n) is 29.2. The Balaban J connectivity index is 1.12. The first-order valence-corrected chi connectivity index (χ1v) is 17.6. The minimum absolute atomic E-state index is 0.146. The number of anilines is 2. The number of rotatable bonds is 6. The zero-order valence-corrected chi connectivity index (χ0v) is 29.2. The van der Waals surface area contributed by atoms with Gasteiger partial charge in [0.15, 0.2) is 17.1 Å². The minimum Gasteiger partial charge on any atom is -0.502 e. The molecule has 0 spiro atoms. The van der Waals surface area contributed by atoms with E-state index in [-0.39, 0.29) is 53.7 Å². The van der Waals surface area contributed by atoms with E-state index in [2.05, 4.69) is 4.98 Å². The van der Waals surface area contributed by atoms with Crippen molar-refractivity contribution < 1.29 is 38.2 Å². The van der Waals surface area contributed by atoms with Crippen LogP contribution in [0, 0.1) is 29.1 Å². The second-order valence-electron chi connectivity index (χ2n) is 14.3. The van der Waals surface area contributed by atoms with Crippen LogP contribution in [0.4, 0.5) is 11.4 Å². The molecule has 11 heteroatoms. The lowest BCUT2D eigenvalue weighted by Gasteiger charge is -2.49. The molecule has 11 nitrogen and oxygen atoms in total. The van der Waals surface area contributed by atoms with Crippen LogP contribution in [0.15, 0.2) is 107 Å².